The normalized spacial score (nSPS) is 17.7. The highest BCUT2D eigenvalue weighted by atomic mass is 16.1. The van der Waals surface area contributed by atoms with Crippen molar-refractivity contribution in [3.05, 3.63) is 60.2 Å². The molecule has 0 bridgehead atoms. The van der Waals surface area contributed by atoms with Crippen LogP contribution in [0.3, 0.4) is 0 Å². The lowest BCUT2D eigenvalue weighted by molar-refractivity contribution is 0.102. The second kappa shape index (κ2) is 6.68. The predicted molar refractivity (Wildman–Crippen MR) is 98.6 cm³/mol. The van der Waals surface area contributed by atoms with E-state index in [1.54, 1.807) is 0 Å². The van der Waals surface area contributed by atoms with Crippen molar-refractivity contribution in [1.82, 2.24) is 0 Å². The molecule has 2 aliphatic rings. The third-order valence-corrected chi connectivity index (χ3v) is 5.37. The Morgan fingerprint density at radius 1 is 0.875 bits per heavy atom. The molecule has 24 heavy (non-hydrogen) atoms. The summed E-state index contributed by atoms with van der Waals surface area (Å²) in [5, 5.41) is 2.98. The lowest BCUT2D eigenvalue weighted by atomic mass is 9.84. The van der Waals surface area contributed by atoms with E-state index in [2.05, 4.69) is 22.3 Å². The summed E-state index contributed by atoms with van der Waals surface area (Å²) in [5.74, 6) is -0.0368. The van der Waals surface area contributed by atoms with Crippen LogP contribution < -0.4 is 10.2 Å². The molecule has 0 radical (unpaired) electrons. The minimum Gasteiger partial charge on any atom is -0.366 e. The summed E-state index contributed by atoms with van der Waals surface area (Å²) in [7, 11) is 0. The molecule has 0 saturated heterocycles. The number of carbonyl (C=O) groups excluding carboxylic acids is 1. The van der Waals surface area contributed by atoms with Crippen LogP contribution in [0.15, 0.2) is 54.6 Å². The molecule has 0 spiro atoms. The largest absolute Gasteiger partial charge is 0.366 e. The molecule has 124 valence electrons. The first-order valence-electron chi connectivity index (χ1n) is 9.06. The SMILES string of the molecule is O=C(Nc1ccccc1)c1cccc(N(C2CCC2)C2CCC2)c1. The van der Waals surface area contributed by atoms with Gasteiger partial charge in [-0.05, 0) is 68.9 Å². The first-order valence-corrected chi connectivity index (χ1v) is 9.06. The van der Waals surface area contributed by atoms with E-state index in [0.29, 0.717) is 12.1 Å². The highest BCUT2D eigenvalue weighted by Gasteiger charge is 2.33. The van der Waals surface area contributed by atoms with Gasteiger partial charge in [-0.3, -0.25) is 4.79 Å². The maximum atomic E-state index is 12.6. The number of para-hydroxylation sites is 1. The third kappa shape index (κ3) is 3.03. The van der Waals surface area contributed by atoms with E-state index in [1.807, 2.05) is 42.5 Å². The number of benzene rings is 2. The summed E-state index contributed by atoms with van der Waals surface area (Å²) < 4.78 is 0. The number of hydrogen-bond acceptors (Lipinski definition) is 2. The van der Waals surface area contributed by atoms with Gasteiger partial charge in [0.2, 0.25) is 0 Å². The van der Waals surface area contributed by atoms with Crippen LogP contribution in [0.2, 0.25) is 0 Å². The number of anilines is 2. The van der Waals surface area contributed by atoms with Gasteiger partial charge in [-0.25, -0.2) is 0 Å². The van der Waals surface area contributed by atoms with E-state index in [0.717, 1.165) is 11.3 Å². The Morgan fingerprint density at radius 2 is 1.54 bits per heavy atom. The topological polar surface area (TPSA) is 32.3 Å². The van der Waals surface area contributed by atoms with Crippen LogP contribution >= 0.6 is 0 Å². The number of hydrogen-bond donors (Lipinski definition) is 1. The van der Waals surface area contributed by atoms with Gasteiger partial charge in [0.1, 0.15) is 0 Å². The molecule has 2 aromatic carbocycles. The van der Waals surface area contributed by atoms with E-state index >= 15 is 0 Å². The highest BCUT2D eigenvalue weighted by Crippen LogP contribution is 2.37. The fraction of sp³-hybridized carbons (Fsp3) is 0.381. The molecule has 4 rings (SSSR count). The zero-order valence-corrected chi connectivity index (χ0v) is 13.9. The molecule has 0 atom stereocenters. The minimum atomic E-state index is -0.0368. The third-order valence-electron chi connectivity index (χ3n) is 5.37. The summed E-state index contributed by atoms with van der Waals surface area (Å²) in [5.41, 5.74) is 2.79. The van der Waals surface area contributed by atoms with E-state index < -0.39 is 0 Å². The van der Waals surface area contributed by atoms with E-state index in [-0.39, 0.29) is 5.91 Å². The van der Waals surface area contributed by atoms with Gasteiger partial charge >= 0.3 is 0 Å². The van der Waals surface area contributed by atoms with Crippen molar-refractivity contribution in [1.29, 1.82) is 0 Å². The van der Waals surface area contributed by atoms with Crippen LogP contribution in [0.1, 0.15) is 48.9 Å². The average Bonchev–Trinajstić information content (AvgIpc) is 2.52. The summed E-state index contributed by atoms with van der Waals surface area (Å²) >= 11 is 0. The lowest BCUT2D eigenvalue weighted by Crippen LogP contribution is -2.49. The summed E-state index contributed by atoms with van der Waals surface area (Å²) in [6.45, 7) is 0. The molecular formula is C21H24N2O. The average molecular weight is 320 g/mol. The Hall–Kier alpha value is -2.29. The highest BCUT2D eigenvalue weighted by molar-refractivity contribution is 6.04. The lowest BCUT2D eigenvalue weighted by Gasteiger charge is -2.48. The molecule has 0 unspecified atom stereocenters. The number of carbonyl (C=O) groups is 1. The van der Waals surface area contributed by atoms with Crippen molar-refractivity contribution < 1.29 is 4.79 Å². The summed E-state index contributed by atoms with van der Waals surface area (Å²) in [6, 6.07) is 19.1. The minimum absolute atomic E-state index is 0.0368. The van der Waals surface area contributed by atoms with Gasteiger partial charge in [-0.2, -0.15) is 0 Å². The van der Waals surface area contributed by atoms with Gasteiger partial charge in [-0.1, -0.05) is 24.3 Å². The first kappa shape index (κ1) is 15.3. The fourth-order valence-corrected chi connectivity index (χ4v) is 3.58. The Labute approximate surface area is 143 Å². The van der Waals surface area contributed by atoms with Gasteiger partial charge in [0, 0.05) is 29.0 Å². The van der Waals surface area contributed by atoms with Crippen molar-refractivity contribution in [2.75, 3.05) is 10.2 Å². The Balaban J connectivity index is 1.54. The summed E-state index contributed by atoms with van der Waals surface area (Å²) in [6.07, 6.45) is 7.83. The van der Waals surface area contributed by atoms with Gasteiger partial charge in [0.05, 0.1) is 0 Å². The van der Waals surface area contributed by atoms with Crippen LogP contribution in [0.5, 0.6) is 0 Å². The van der Waals surface area contributed by atoms with E-state index in [4.69, 9.17) is 0 Å². The Morgan fingerprint density at radius 3 is 2.12 bits per heavy atom. The van der Waals surface area contributed by atoms with Crippen LogP contribution in [0, 0.1) is 0 Å². The first-order chi connectivity index (χ1) is 11.8. The monoisotopic (exact) mass is 320 g/mol. The number of nitrogens with zero attached hydrogens (tertiary/aromatic N) is 1. The second-order valence-corrected chi connectivity index (χ2v) is 6.95. The van der Waals surface area contributed by atoms with Crippen LogP contribution in [-0.2, 0) is 0 Å². The molecule has 2 fully saturated rings. The summed E-state index contributed by atoms with van der Waals surface area (Å²) in [4.78, 5) is 15.2. The van der Waals surface area contributed by atoms with Crippen LogP contribution in [0.25, 0.3) is 0 Å². The van der Waals surface area contributed by atoms with Crippen molar-refractivity contribution in [2.24, 2.45) is 0 Å². The molecular weight excluding hydrogens is 296 g/mol. The van der Waals surface area contributed by atoms with E-state index in [9.17, 15) is 4.79 Å². The van der Waals surface area contributed by atoms with Crippen molar-refractivity contribution in [3.8, 4) is 0 Å². The van der Waals surface area contributed by atoms with Gasteiger partial charge in [0.25, 0.3) is 5.91 Å². The van der Waals surface area contributed by atoms with Crippen molar-refractivity contribution in [2.45, 2.75) is 50.6 Å². The molecule has 3 heteroatoms. The molecule has 2 aliphatic carbocycles. The Kier molecular flexibility index (Phi) is 4.24. The Bertz CT molecular complexity index is 691. The van der Waals surface area contributed by atoms with Gasteiger partial charge < -0.3 is 10.2 Å². The number of rotatable bonds is 5. The maximum Gasteiger partial charge on any atom is 0.255 e. The zero-order valence-electron chi connectivity index (χ0n) is 13.9. The molecule has 0 heterocycles. The second-order valence-electron chi connectivity index (χ2n) is 6.95. The number of nitrogens with one attached hydrogen (secondary N) is 1. The molecule has 3 nitrogen and oxygen atoms in total. The van der Waals surface area contributed by atoms with Crippen molar-refractivity contribution in [3.63, 3.8) is 0 Å². The number of amides is 1. The van der Waals surface area contributed by atoms with Crippen molar-refractivity contribution >= 4 is 17.3 Å². The molecule has 1 amide bonds. The van der Waals surface area contributed by atoms with E-state index in [1.165, 1.54) is 44.2 Å². The molecule has 2 saturated carbocycles. The zero-order chi connectivity index (χ0) is 16.4. The standard InChI is InChI=1S/C21H24N2O/c24-21(22-17-8-2-1-3-9-17)16-7-4-14-20(15-16)23(18-10-5-11-18)19-12-6-13-19/h1-4,7-9,14-15,18-19H,5-6,10-13H2,(H,22,24). The van der Waals surface area contributed by atoms with Crippen LogP contribution in [-0.4, -0.2) is 18.0 Å². The maximum absolute atomic E-state index is 12.6. The molecule has 0 aromatic heterocycles. The quantitative estimate of drug-likeness (QED) is 0.854. The van der Waals surface area contributed by atoms with Gasteiger partial charge in [0.15, 0.2) is 0 Å². The molecule has 1 N–H and O–H groups in total. The van der Waals surface area contributed by atoms with Crippen LogP contribution in [0.4, 0.5) is 11.4 Å². The molecule has 2 aromatic rings. The smallest absolute Gasteiger partial charge is 0.255 e. The van der Waals surface area contributed by atoms with Gasteiger partial charge in [-0.15, -0.1) is 0 Å². The molecule has 0 aliphatic heterocycles. The predicted octanol–water partition coefficient (Wildman–Crippen LogP) is 4.85. The fourth-order valence-electron chi connectivity index (χ4n) is 3.58.